The number of aromatic nitrogens is 3. The molecule has 35 nitrogen and oxygen atoms in total. The molecule has 11 amide bonds. The molecule has 2 fully saturated rings. The summed E-state index contributed by atoms with van der Waals surface area (Å²) in [6.45, 7) is 2.99. The number of unbranched alkanes of at least 4 members (excludes halogenated alkanes) is 2. The fraction of sp³-hybridized carbons (Fsp3) is 0.672. The Balaban J connectivity index is 1.22. The number of aryl methyl sites for hydroxylation is 1. The molecule has 1 aromatic heterocycles. The van der Waals surface area contributed by atoms with Crippen molar-refractivity contribution in [2.75, 3.05) is 71.6 Å². The number of primary amides is 1. The van der Waals surface area contributed by atoms with Crippen molar-refractivity contribution in [3.05, 3.63) is 41.7 Å². The molecule has 3 aliphatic rings. The minimum Gasteiger partial charge on any atom is -0.508 e. The van der Waals surface area contributed by atoms with Gasteiger partial charge < -0.3 is 106 Å². The summed E-state index contributed by atoms with van der Waals surface area (Å²) in [5, 5.41) is 55.7. The van der Waals surface area contributed by atoms with Crippen LogP contribution in [-0.4, -0.2) is 228 Å². The van der Waals surface area contributed by atoms with Gasteiger partial charge in [0.25, 0.3) is 0 Å². The molecule has 22 N–H and O–H groups in total. The molecule has 1 aromatic carbocycles. The summed E-state index contributed by atoms with van der Waals surface area (Å²) in [5.74, 6) is -8.17. The number of rotatable bonds is 35. The molecule has 2 aromatic rings. The second-order valence-electron chi connectivity index (χ2n) is 23.9. The standard InChI is InChI=1S/C61H99N19O16S/c62-21-5-3-10-42-55(88)73-44(19-20-49(64)82)57(90)71-43(12-7-22-69-60(65)66)56(89)70-41(54(87)68-24-9-27-95-29-31-96-30-28-94-26-8-23-67-50(83)14-2-1-13-48-52-47(36-97-48)76-61(93)77-52)11-4-6-25-80-35-38(78-79-80)33-40(63)53(86)74-45(32-37-15-17-39(81)18-16-37)58(91)75-46(34-51(84)85)59(92)72-42/h15-18,35,40-48,52,81H,1-14,19-34,36,62-63H2,(H2,64,82)(H,67,83)(H,68,87)(H,70,89)(H,71,90)(H,72,92)(H,73,88)(H,74,86)(H,75,91)(H,84,85)(H4,65,66,69)(H2,76,77,93)/t40-,41-,42-,43-,44-,45-,46-,47+,48+,52+/m0/s1. The molecule has 3 aliphatic heterocycles. The van der Waals surface area contributed by atoms with Crippen LogP contribution in [0.3, 0.4) is 0 Å². The summed E-state index contributed by atoms with van der Waals surface area (Å²) in [5.41, 5.74) is 29.5. The van der Waals surface area contributed by atoms with Crippen LogP contribution in [0.25, 0.3) is 0 Å². The Kier molecular flexibility index (Phi) is 35.7. The van der Waals surface area contributed by atoms with Crippen LogP contribution in [0.15, 0.2) is 35.5 Å². The van der Waals surface area contributed by atoms with Crippen LogP contribution in [0, 0.1) is 0 Å². The number of aliphatic imine (C=N–C) groups is 1. The van der Waals surface area contributed by atoms with Crippen molar-refractivity contribution in [1.29, 1.82) is 0 Å². The van der Waals surface area contributed by atoms with E-state index in [9.17, 15) is 63.0 Å². The van der Waals surface area contributed by atoms with Gasteiger partial charge in [0.15, 0.2) is 5.96 Å². The van der Waals surface area contributed by atoms with E-state index in [1.807, 2.05) is 11.8 Å². The zero-order valence-corrected chi connectivity index (χ0v) is 55.6. The number of nitrogens with two attached hydrogens (primary N) is 5. The molecule has 0 spiro atoms. The van der Waals surface area contributed by atoms with E-state index in [4.69, 9.17) is 42.9 Å². The summed E-state index contributed by atoms with van der Waals surface area (Å²) in [4.78, 5) is 152. The third-order valence-electron chi connectivity index (χ3n) is 16.0. The minimum absolute atomic E-state index is 0.00130. The Bertz CT molecular complexity index is 2910. The molecule has 10 atom stereocenters. The van der Waals surface area contributed by atoms with E-state index in [1.54, 1.807) is 6.20 Å². The molecule has 2 saturated heterocycles. The summed E-state index contributed by atoms with van der Waals surface area (Å²) < 4.78 is 18.5. The fourth-order valence-electron chi connectivity index (χ4n) is 10.8. The average molecular weight is 1390 g/mol. The predicted molar refractivity (Wildman–Crippen MR) is 354 cm³/mol. The number of carboxylic acid groups (broad SMARTS) is 1. The van der Waals surface area contributed by atoms with Gasteiger partial charge in [0.2, 0.25) is 53.2 Å². The van der Waals surface area contributed by atoms with E-state index in [1.165, 1.54) is 28.9 Å². The number of guanidine groups is 1. The number of fused-ring (bicyclic) bond motifs is 3. The van der Waals surface area contributed by atoms with Crippen molar-refractivity contribution in [1.82, 2.24) is 68.2 Å². The third-order valence-corrected chi connectivity index (χ3v) is 17.5. The van der Waals surface area contributed by atoms with Crippen molar-refractivity contribution in [2.45, 2.75) is 188 Å². The first-order valence-electron chi connectivity index (χ1n) is 33.1. The molecule has 0 saturated carbocycles. The largest absolute Gasteiger partial charge is 0.508 e. The Morgan fingerprint density at radius 2 is 1.24 bits per heavy atom. The normalized spacial score (nSPS) is 23.1. The number of carbonyl (C=O) groups is 11. The maximum atomic E-state index is 14.4. The van der Waals surface area contributed by atoms with Crippen molar-refractivity contribution in [3.8, 4) is 5.75 Å². The van der Waals surface area contributed by atoms with Gasteiger partial charge in [-0.25, -0.2) is 4.79 Å². The average Bonchev–Trinajstić information content (AvgIpc) is 1.68. The number of nitrogens with one attached hydrogen (secondary N) is 10. The Hall–Kier alpha value is -8.45. The SMILES string of the molecule is NCCCC[C@@H]1NC(=O)[C@H](CC(=O)O)NC(=O)[C@H](Cc2ccc(O)cc2)NC(=O)[C@@H](N)Cc2cn(nn2)CCCC[C@@H](C(=O)NCCCOCCOCCOCCCNC(=O)CCCC[C@H]2SC[C@H]3NC(=O)N[C@H]32)NC(=O)[C@H](CCCN=C(N)N)NC(=O)[C@H](CCC(N)=O)NC1=O. The highest BCUT2D eigenvalue weighted by Gasteiger charge is 2.43. The fourth-order valence-corrected chi connectivity index (χ4v) is 12.3. The van der Waals surface area contributed by atoms with Crippen molar-refractivity contribution in [2.24, 2.45) is 33.7 Å². The number of aliphatic carboxylic acids is 1. The van der Waals surface area contributed by atoms with Crippen LogP contribution >= 0.6 is 11.8 Å². The van der Waals surface area contributed by atoms with Crippen LogP contribution < -0.4 is 81.8 Å². The van der Waals surface area contributed by atoms with Crippen molar-refractivity contribution >= 4 is 82.9 Å². The number of carboxylic acids is 1. The maximum Gasteiger partial charge on any atom is 0.315 e. The zero-order valence-electron chi connectivity index (χ0n) is 54.8. The smallest absolute Gasteiger partial charge is 0.315 e. The number of aromatic hydroxyl groups is 1. The quantitative estimate of drug-likeness (QED) is 0.0135. The molecule has 0 aliphatic carbocycles. The van der Waals surface area contributed by atoms with Gasteiger partial charge in [0.05, 0.1) is 56.7 Å². The number of carbonyl (C=O) groups excluding carboxylic acids is 10. The molecule has 0 radical (unpaired) electrons. The highest BCUT2D eigenvalue weighted by Crippen LogP contribution is 2.33. The Labute approximate surface area is 567 Å². The number of phenolic OH excluding ortho intramolecular Hbond substituents is 1. The van der Waals surface area contributed by atoms with Gasteiger partial charge in [0.1, 0.15) is 42.0 Å². The highest BCUT2D eigenvalue weighted by molar-refractivity contribution is 8.00. The van der Waals surface area contributed by atoms with E-state index >= 15 is 0 Å². The third kappa shape index (κ3) is 30.7. The predicted octanol–water partition coefficient (Wildman–Crippen LogP) is -4.10. The van der Waals surface area contributed by atoms with Crippen LogP contribution in [0.4, 0.5) is 4.79 Å². The first-order valence-corrected chi connectivity index (χ1v) is 34.1. The van der Waals surface area contributed by atoms with Gasteiger partial charge in [-0.3, -0.25) is 57.6 Å². The molecular weight excluding hydrogens is 1290 g/mol. The second-order valence-corrected chi connectivity index (χ2v) is 25.2. The van der Waals surface area contributed by atoms with Crippen molar-refractivity contribution in [3.63, 3.8) is 0 Å². The lowest BCUT2D eigenvalue weighted by Gasteiger charge is -2.27. The van der Waals surface area contributed by atoms with Gasteiger partial charge in [-0.05, 0) is 108 Å². The van der Waals surface area contributed by atoms with Crippen molar-refractivity contribution < 1.29 is 77.2 Å². The van der Waals surface area contributed by atoms with E-state index in [0.717, 1.165) is 25.0 Å². The maximum absolute atomic E-state index is 14.4. The van der Waals surface area contributed by atoms with Crippen LogP contribution in [0.1, 0.15) is 120 Å². The van der Waals surface area contributed by atoms with Gasteiger partial charge in [-0.15, -0.1) is 5.10 Å². The first kappa shape index (κ1) is 79.2. The highest BCUT2D eigenvalue weighted by atomic mass is 32.2. The molecular formula is C61H99N19O16S. The molecule has 36 heteroatoms. The molecule has 0 unspecified atom stereocenters. The van der Waals surface area contributed by atoms with Gasteiger partial charge in [-0.2, -0.15) is 11.8 Å². The van der Waals surface area contributed by atoms with Gasteiger partial charge in [-0.1, -0.05) is 23.8 Å². The monoisotopic (exact) mass is 1390 g/mol. The number of benzene rings is 1. The van der Waals surface area contributed by atoms with Crippen LogP contribution in [0.2, 0.25) is 0 Å². The molecule has 2 bridgehead atoms. The molecule has 4 heterocycles. The number of urea groups is 1. The molecule has 5 rings (SSSR count). The van der Waals surface area contributed by atoms with Crippen LogP contribution in [0.5, 0.6) is 5.75 Å². The number of nitrogens with zero attached hydrogens (tertiary/aromatic N) is 4. The van der Waals surface area contributed by atoms with Crippen LogP contribution in [-0.2, 0) is 81.5 Å². The minimum atomic E-state index is -1.87. The zero-order chi connectivity index (χ0) is 70.5. The molecule has 540 valence electrons. The number of thioether (sulfide) groups is 1. The first-order chi connectivity index (χ1) is 46.6. The summed E-state index contributed by atoms with van der Waals surface area (Å²) in [6, 6.07) is -4.49. The number of phenols is 1. The number of ether oxygens (including phenoxy) is 3. The van der Waals surface area contributed by atoms with E-state index < -0.39 is 115 Å². The summed E-state index contributed by atoms with van der Waals surface area (Å²) in [7, 11) is 0. The number of amides is 11. The van der Waals surface area contributed by atoms with E-state index in [0.29, 0.717) is 81.4 Å². The van der Waals surface area contributed by atoms with Gasteiger partial charge in [0, 0.05) is 82.3 Å². The lowest BCUT2D eigenvalue weighted by molar-refractivity contribution is -0.141. The second kappa shape index (κ2) is 43.7. The molecule has 97 heavy (non-hydrogen) atoms. The number of hydrogen-bond acceptors (Lipinski definition) is 21. The number of hydrogen-bond donors (Lipinski definition) is 17. The Morgan fingerprint density at radius 1 is 0.649 bits per heavy atom. The van der Waals surface area contributed by atoms with E-state index in [2.05, 4.69) is 68.5 Å². The van der Waals surface area contributed by atoms with Gasteiger partial charge >= 0.3 is 12.0 Å². The topological polar surface area (TPSA) is 549 Å². The summed E-state index contributed by atoms with van der Waals surface area (Å²) in [6.07, 6.45) is 4.66. The Morgan fingerprint density at radius 3 is 1.89 bits per heavy atom. The summed E-state index contributed by atoms with van der Waals surface area (Å²) >= 11 is 1.86. The lowest BCUT2D eigenvalue weighted by atomic mass is 10.0. The lowest BCUT2D eigenvalue weighted by Crippen LogP contribution is -2.60. The van der Waals surface area contributed by atoms with E-state index in [-0.39, 0.29) is 127 Å².